The molecule has 154 valence electrons. The fraction of sp³-hybridized carbons (Fsp3) is 0.526. The first kappa shape index (κ1) is 20.7. The number of aromatic nitrogens is 2. The first-order valence-electron chi connectivity index (χ1n) is 9.31. The summed E-state index contributed by atoms with van der Waals surface area (Å²) in [7, 11) is -1.91. The van der Waals surface area contributed by atoms with Crippen molar-refractivity contribution in [2.45, 2.75) is 56.7 Å². The van der Waals surface area contributed by atoms with Crippen LogP contribution in [0.4, 0.5) is 8.78 Å². The van der Waals surface area contributed by atoms with E-state index in [-0.39, 0.29) is 23.4 Å². The van der Waals surface area contributed by atoms with Gasteiger partial charge in [0.15, 0.2) is 5.82 Å². The highest BCUT2D eigenvalue weighted by molar-refractivity contribution is 7.90. The summed E-state index contributed by atoms with van der Waals surface area (Å²) < 4.78 is 60.5. The molecule has 0 aliphatic heterocycles. The number of halogens is 2. The predicted octanol–water partition coefficient (Wildman–Crippen LogP) is 3.72. The fourth-order valence-electron chi connectivity index (χ4n) is 3.49. The van der Waals surface area contributed by atoms with Gasteiger partial charge in [0.25, 0.3) is 0 Å². The Balaban J connectivity index is 1.73. The lowest BCUT2D eigenvalue weighted by Crippen LogP contribution is -2.40. The van der Waals surface area contributed by atoms with Crippen LogP contribution in [0.25, 0.3) is 11.3 Å². The van der Waals surface area contributed by atoms with Crippen molar-refractivity contribution in [3.05, 3.63) is 35.5 Å². The van der Waals surface area contributed by atoms with Crippen molar-refractivity contribution >= 4 is 10.0 Å². The number of aromatic amines is 1. The average Bonchev–Trinajstić information content (AvgIpc) is 3.03. The van der Waals surface area contributed by atoms with Gasteiger partial charge in [0.05, 0.1) is 18.1 Å². The molecule has 0 saturated heterocycles. The third-order valence-electron chi connectivity index (χ3n) is 5.20. The molecule has 0 amide bonds. The number of sulfonamides is 1. The standard InChI is InChI=1S/C19H25F2N3O3S/c1-11(2)28(25,26)24-15-6-4-12(5-7-15)18-17(21)19(23-22-18)13-8-14(20)10-16(9-13)27-3/h8-12,15,24H,4-7H2,1-3H3,(H,22,23)/t12-,15-. The SMILES string of the molecule is COc1cc(F)cc(-c2n[nH]c([C@H]3CC[C@H](NS(=O)(=O)C(C)C)CC3)c2F)c1. The van der Waals surface area contributed by atoms with Crippen molar-refractivity contribution < 1.29 is 21.9 Å². The highest BCUT2D eigenvalue weighted by atomic mass is 32.2. The summed E-state index contributed by atoms with van der Waals surface area (Å²) in [4.78, 5) is 0. The molecule has 2 aromatic rings. The zero-order valence-electron chi connectivity index (χ0n) is 16.1. The third kappa shape index (κ3) is 4.35. The van der Waals surface area contributed by atoms with Gasteiger partial charge in [0.1, 0.15) is 17.3 Å². The summed E-state index contributed by atoms with van der Waals surface area (Å²) >= 11 is 0. The molecule has 0 radical (unpaired) electrons. The molecule has 9 heteroatoms. The number of benzene rings is 1. The first-order valence-corrected chi connectivity index (χ1v) is 10.9. The van der Waals surface area contributed by atoms with Crippen molar-refractivity contribution in [2.75, 3.05) is 7.11 Å². The number of methoxy groups -OCH3 is 1. The molecule has 0 spiro atoms. The monoisotopic (exact) mass is 413 g/mol. The Morgan fingerprint density at radius 3 is 2.46 bits per heavy atom. The van der Waals surface area contributed by atoms with Crippen LogP contribution in [0, 0.1) is 11.6 Å². The summed E-state index contributed by atoms with van der Waals surface area (Å²) in [6.45, 7) is 3.27. The molecule has 28 heavy (non-hydrogen) atoms. The zero-order valence-corrected chi connectivity index (χ0v) is 16.9. The number of hydrogen-bond acceptors (Lipinski definition) is 4. The van der Waals surface area contributed by atoms with Crippen LogP contribution >= 0.6 is 0 Å². The number of nitrogens with one attached hydrogen (secondary N) is 2. The smallest absolute Gasteiger partial charge is 0.214 e. The number of hydrogen-bond donors (Lipinski definition) is 2. The van der Waals surface area contributed by atoms with Gasteiger partial charge in [-0.15, -0.1) is 0 Å². The normalized spacial score (nSPS) is 20.5. The maximum atomic E-state index is 15.0. The molecule has 1 aromatic heterocycles. The van der Waals surface area contributed by atoms with E-state index in [2.05, 4.69) is 14.9 Å². The Morgan fingerprint density at radius 1 is 1.18 bits per heavy atom. The minimum Gasteiger partial charge on any atom is -0.497 e. The molecule has 1 aromatic carbocycles. The summed E-state index contributed by atoms with van der Waals surface area (Å²) in [6, 6.07) is 3.82. The summed E-state index contributed by atoms with van der Waals surface area (Å²) in [5.74, 6) is -0.830. The summed E-state index contributed by atoms with van der Waals surface area (Å²) in [5.41, 5.74) is 0.731. The van der Waals surface area contributed by atoms with Crippen LogP contribution in [0.5, 0.6) is 5.75 Å². The first-order chi connectivity index (χ1) is 13.2. The van der Waals surface area contributed by atoms with Crippen molar-refractivity contribution in [3.8, 4) is 17.0 Å². The molecule has 0 atom stereocenters. The van der Waals surface area contributed by atoms with Crippen LogP contribution in [0.2, 0.25) is 0 Å². The maximum absolute atomic E-state index is 15.0. The zero-order chi connectivity index (χ0) is 20.5. The summed E-state index contributed by atoms with van der Waals surface area (Å²) in [5, 5.41) is 6.31. The lowest BCUT2D eigenvalue weighted by atomic mass is 9.84. The topological polar surface area (TPSA) is 84.1 Å². The van der Waals surface area contributed by atoms with Gasteiger partial charge in [-0.1, -0.05) is 0 Å². The molecule has 1 saturated carbocycles. The molecular formula is C19H25F2N3O3S. The predicted molar refractivity (Wildman–Crippen MR) is 103 cm³/mol. The Labute approximate surface area is 163 Å². The van der Waals surface area contributed by atoms with E-state index in [0.29, 0.717) is 36.9 Å². The quantitative estimate of drug-likeness (QED) is 0.756. The van der Waals surface area contributed by atoms with Gasteiger partial charge >= 0.3 is 0 Å². The van der Waals surface area contributed by atoms with Gasteiger partial charge in [0, 0.05) is 23.6 Å². The second-order valence-electron chi connectivity index (χ2n) is 7.44. The number of rotatable bonds is 6. The van der Waals surface area contributed by atoms with Gasteiger partial charge in [-0.3, -0.25) is 5.10 Å². The van der Waals surface area contributed by atoms with Crippen molar-refractivity contribution in [2.24, 2.45) is 0 Å². The average molecular weight is 413 g/mol. The Hall–Kier alpha value is -2.00. The fourth-order valence-corrected chi connectivity index (χ4v) is 4.46. The Morgan fingerprint density at radius 2 is 1.86 bits per heavy atom. The van der Waals surface area contributed by atoms with E-state index in [1.807, 2.05) is 0 Å². The van der Waals surface area contributed by atoms with Crippen LogP contribution in [0.15, 0.2) is 18.2 Å². The van der Waals surface area contributed by atoms with Crippen LogP contribution in [0.3, 0.4) is 0 Å². The van der Waals surface area contributed by atoms with Crippen molar-refractivity contribution in [3.63, 3.8) is 0 Å². The molecular weight excluding hydrogens is 388 g/mol. The van der Waals surface area contributed by atoms with E-state index >= 15 is 0 Å². The number of nitrogens with zero attached hydrogens (tertiary/aromatic N) is 1. The van der Waals surface area contributed by atoms with E-state index < -0.39 is 26.9 Å². The molecule has 1 fully saturated rings. The van der Waals surface area contributed by atoms with E-state index in [1.165, 1.54) is 25.3 Å². The molecule has 3 rings (SSSR count). The van der Waals surface area contributed by atoms with Gasteiger partial charge in [-0.2, -0.15) is 5.10 Å². The Kier molecular flexibility index (Phi) is 6.04. The maximum Gasteiger partial charge on any atom is 0.214 e. The minimum absolute atomic E-state index is 0.0513. The van der Waals surface area contributed by atoms with Crippen LogP contribution < -0.4 is 9.46 Å². The minimum atomic E-state index is -3.32. The van der Waals surface area contributed by atoms with E-state index in [1.54, 1.807) is 13.8 Å². The molecule has 1 aliphatic rings. The van der Waals surface area contributed by atoms with Crippen molar-refractivity contribution in [1.82, 2.24) is 14.9 Å². The van der Waals surface area contributed by atoms with E-state index in [0.717, 1.165) is 0 Å². The third-order valence-corrected chi connectivity index (χ3v) is 7.10. The van der Waals surface area contributed by atoms with Gasteiger partial charge in [-0.05, 0) is 51.7 Å². The van der Waals surface area contributed by atoms with Crippen LogP contribution in [-0.2, 0) is 10.0 Å². The van der Waals surface area contributed by atoms with Crippen molar-refractivity contribution in [1.29, 1.82) is 0 Å². The van der Waals surface area contributed by atoms with E-state index in [4.69, 9.17) is 4.74 Å². The lowest BCUT2D eigenvalue weighted by molar-refractivity contribution is 0.362. The lowest BCUT2D eigenvalue weighted by Gasteiger charge is -2.28. The number of H-pyrrole nitrogens is 1. The second-order valence-corrected chi connectivity index (χ2v) is 9.71. The van der Waals surface area contributed by atoms with Gasteiger partial charge in [-0.25, -0.2) is 21.9 Å². The highest BCUT2D eigenvalue weighted by Crippen LogP contribution is 2.36. The molecule has 1 aliphatic carbocycles. The van der Waals surface area contributed by atoms with Crippen LogP contribution in [-0.4, -0.2) is 37.0 Å². The van der Waals surface area contributed by atoms with Crippen LogP contribution in [0.1, 0.15) is 51.1 Å². The summed E-state index contributed by atoms with van der Waals surface area (Å²) in [6.07, 6.45) is 2.52. The molecule has 2 N–H and O–H groups in total. The largest absolute Gasteiger partial charge is 0.497 e. The molecule has 0 bridgehead atoms. The molecule has 6 nitrogen and oxygen atoms in total. The van der Waals surface area contributed by atoms with E-state index in [9.17, 15) is 17.2 Å². The second kappa shape index (κ2) is 8.16. The van der Waals surface area contributed by atoms with Gasteiger partial charge in [0.2, 0.25) is 10.0 Å². The number of ether oxygens (including phenoxy) is 1. The molecule has 0 unspecified atom stereocenters. The van der Waals surface area contributed by atoms with Gasteiger partial charge < -0.3 is 4.74 Å². The highest BCUT2D eigenvalue weighted by Gasteiger charge is 2.30. The Bertz CT molecular complexity index is 936. The molecule has 1 heterocycles.